The van der Waals surface area contributed by atoms with Crippen LogP contribution in [0.15, 0.2) is 53.4 Å². The topological polar surface area (TPSA) is 17.1 Å². The lowest BCUT2D eigenvalue weighted by Gasteiger charge is -2.07. The Bertz CT molecular complexity index is 563. The molecule has 1 nitrogen and oxygen atoms in total. The van der Waals surface area contributed by atoms with Crippen molar-refractivity contribution >= 4 is 29.1 Å². The molecule has 3 heteroatoms. The highest BCUT2D eigenvalue weighted by Gasteiger charge is 2.09. The summed E-state index contributed by atoms with van der Waals surface area (Å²) in [5.74, 6) is 1.03. The molecule has 0 bridgehead atoms. The predicted molar refractivity (Wildman–Crippen MR) is 82.1 cm³/mol. The van der Waals surface area contributed by atoms with Gasteiger partial charge in [-0.15, -0.1) is 11.8 Å². The van der Waals surface area contributed by atoms with Gasteiger partial charge in [0.1, 0.15) is 0 Å². The third-order valence-corrected chi connectivity index (χ3v) is 4.21. The standard InChI is InChI=1S/C16H15ClOS/c1-2-15(18)14-5-3-4-6-16(14)19-11-12-7-9-13(17)10-8-12/h3-10H,2,11H2,1H3. The average molecular weight is 291 g/mol. The molecule has 0 heterocycles. The Hall–Kier alpha value is -1.25. The summed E-state index contributed by atoms with van der Waals surface area (Å²) in [5.41, 5.74) is 2.03. The molecule has 0 N–H and O–H groups in total. The summed E-state index contributed by atoms with van der Waals surface area (Å²) in [4.78, 5) is 12.9. The first-order valence-corrected chi connectivity index (χ1v) is 7.56. The lowest BCUT2D eigenvalue weighted by Crippen LogP contribution is -1.98. The fourth-order valence-electron chi connectivity index (χ4n) is 1.76. The normalized spacial score (nSPS) is 10.4. The van der Waals surface area contributed by atoms with E-state index in [1.807, 2.05) is 55.5 Å². The largest absolute Gasteiger partial charge is 0.294 e. The van der Waals surface area contributed by atoms with Gasteiger partial charge in [-0.2, -0.15) is 0 Å². The van der Waals surface area contributed by atoms with Gasteiger partial charge < -0.3 is 0 Å². The van der Waals surface area contributed by atoms with Crippen LogP contribution in [0.1, 0.15) is 29.3 Å². The van der Waals surface area contributed by atoms with Crippen molar-refractivity contribution in [2.45, 2.75) is 24.0 Å². The summed E-state index contributed by atoms with van der Waals surface area (Å²) in [6.07, 6.45) is 0.540. The van der Waals surface area contributed by atoms with Crippen LogP contribution in [-0.4, -0.2) is 5.78 Å². The number of hydrogen-bond acceptors (Lipinski definition) is 2. The molecule has 0 atom stereocenters. The Labute approximate surface area is 123 Å². The number of thioether (sulfide) groups is 1. The van der Waals surface area contributed by atoms with E-state index in [1.54, 1.807) is 11.8 Å². The average Bonchev–Trinajstić information content (AvgIpc) is 2.46. The van der Waals surface area contributed by atoms with E-state index in [1.165, 1.54) is 5.56 Å². The first-order chi connectivity index (χ1) is 9.20. The van der Waals surface area contributed by atoms with E-state index in [4.69, 9.17) is 11.6 Å². The molecule has 2 aromatic rings. The maximum absolute atomic E-state index is 11.9. The summed E-state index contributed by atoms with van der Waals surface area (Å²) in [6.45, 7) is 1.89. The van der Waals surface area contributed by atoms with Gasteiger partial charge in [0.25, 0.3) is 0 Å². The van der Waals surface area contributed by atoms with Crippen LogP contribution in [0, 0.1) is 0 Å². The molecule has 0 spiro atoms. The summed E-state index contributed by atoms with van der Waals surface area (Å²) >= 11 is 7.55. The van der Waals surface area contributed by atoms with Crippen LogP contribution in [0.2, 0.25) is 5.02 Å². The van der Waals surface area contributed by atoms with E-state index in [0.717, 1.165) is 21.2 Å². The molecule has 0 fully saturated rings. The van der Waals surface area contributed by atoms with Crippen LogP contribution < -0.4 is 0 Å². The lowest BCUT2D eigenvalue weighted by molar-refractivity contribution is 0.0985. The quantitative estimate of drug-likeness (QED) is 0.554. The lowest BCUT2D eigenvalue weighted by atomic mass is 10.1. The van der Waals surface area contributed by atoms with Gasteiger partial charge in [0.15, 0.2) is 5.78 Å². The van der Waals surface area contributed by atoms with Crippen LogP contribution in [0.3, 0.4) is 0 Å². The Balaban J connectivity index is 2.11. The monoisotopic (exact) mass is 290 g/mol. The number of halogens is 1. The third-order valence-electron chi connectivity index (χ3n) is 2.82. The summed E-state index contributed by atoms with van der Waals surface area (Å²) < 4.78 is 0. The number of benzene rings is 2. The Morgan fingerprint density at radius 2 is 1.79 bits per heavy atom. The molecule has 0 unspecified atom stereocenters. The molecule has 0 aliphatic heterocycles. The minimum Gasteiger partial charge on any atom is -0.294 e. The maximum Gasteiger partial charge on any atom is 0.163 e. The van der Waals surface area contributed by atoms with Crippen LogP contribution >= 0.6 is 23.4 Å². The maximum atomic E-state index is 11.9. The second kappa shape index (κ2) is 6.78. The smallest absolute Gasteiger partial charge is 0.163 e. The van der Waals surface area contributed by atoms with Crippen molar-refractivity contribution in [2.24, 2.45) is 0 Å². The third kappa shape index (κ3) is 3.85. The zero-order valence-electron chi connectivity index (χ0n) is 10.7. The van der Waals surface area contributed by atoms with Gasteiger partial charge in [-0.05, 0) is 23.8 Å². The van der Waals surface area contributed by atoms with Crippen molar-refractivity contribution in [2.75, 3.05) is 0 Å². The molecule has 0 aromatic heterocycles. The van der Waals surface area contributed by atoms with Gasteiger partial charge in [-0.25, -0.2) is 0 Å². The number of Topliss-reactive ketones (excluding diaryl/α,β-unsaturated/α-hetero) is 1. The van der Waals surface area contributed by atoms with Gasteiger partial charge in [0, 0.05) is 27.7 Å². The fraction of sp³-hybridized carbons (Fsp3) is 0.188. The van der Waals surface area contributed by atoms with E-state index in [-0.39, 0.29) is 5.78 Å². The van der Waals surface area contributed by atoms with Gasteiger partial charge in [0.05, 0.1) is 0 Å². The van der Waals surface area contributed by atoms with Crippen molar-refractivity contribution in [3.05, 3.63) is 64.7 Å². The summed E-state index contributed by atoms with van der Waals surface area (Å²) in [5, 5.41) is 0.746. The minimum absolute atomic E-state index is 0.194. The van der Waals surface area contributed by atoms with Crippen molar-refractivity contribution in [3.63, 3.8) is 0 Å². The highest BCUT2D eigenvalue weighted by atomic mass is 35.5. The molecule has 0 saturated carbocycles. The molecule has 0 radical (unpaired) electrons. The van der Waals surface area contributed by atoms with Crippen LogP contribution in [-0.2, 0) is 5.75 Å². The summed E-state index contributed by atoms with van der Waals surface area (Å²) in [6, 6.07) is 15.6. The molecule has 0 aliphatic rings. The molecule has 98 valence electrons. The molecule has 0 amide bonds. The number of ketones is 1. The van der Waals surface area contributed by atoms with Gasteiger partial charge in [0.2, 0.25) is 0 Å². The number of hydrogen-bond donors (Lipinski definition) is 0. The van der Waals surface area contributed by atoms with Crippen molar-refractivity contribution in [1.29, 1.82) is 0 Å². The molecule has 0 saturated heterocycles. The molecular weight excluding hydrogens is 276 g/mol. The SMILES string of the molecule is CCC(=O)c1ccccc1SCc1ccc(Cl)cc1. The molecular formula is C16H15ClOS. The van der Waals surface area contributed by atoms with Gasteiger partial charge in [-0.1, -0.05) is 48.9 Å². The van der Waals surface area contributed by atoms with Crippen molar-refractivity contribution < 1.29 is 4.79 Å². The first kappa shape index (κ1) is 14.2. The molecule has 19 heavy (non-hydrogen) atoms. The van der Waals surface area contributed by atoms with Gasteiger partial charge >= 0.3 is 0 Å². The first-order valence-electron chi connectivity index (χ1n) is 6.20. The predicted octanol–water partition coefficient (Wildman–Crippen LogP) is 5.23. The zero-order chi connectivity index (χ0) is 13.7. The Morgan fingerprint density at radius 1 is 1.11 bits per heavy atom. The number of carbonyl (C=O) groups excluding carboxylic acids is 1. The van der Waals surface area contributed by atoms with Crippen LogP contribution in [0.25, 0.3) is 0 Å². The fourth-order valence-corrected chi connectivity index (χ4v) is 2.91. The highest BCUT2D eigenvalue weighted by Crippen LogP contribution is 2.27. The zero-order valence-corrected chi connectivity index (χ0v) is 12.3. The molecule has 2 rings (SSSR count). The second-order valence-corrected chi connectivity index (χ2v) is 5.64. The second-order valence-electron chi connectivity index (χ2n) is 4.19. The summed E-state index contributed by atoms with van der Waals surface area (Å²) in [7, 11) is 0. The Morgan fingerprint density at radius 3 is 2.47 bits per heavy atom. The number of rotatable bonds is 5. The highest BCUT2D eigenvalue weighted by molar-refractivity contribution is 7.98. The van der Waals surface area contributed by atoms with Crippen molar-refractivity contribution in [1.82, 2.24) is 0 Å². The number of carbonyl (C=O) groups is 1. The van der Waals surface area contributed by atoms with E-state index in [0.29, 0.717) is 6.42 Å². The minimum atomic E-state index is 0.194. The van der Waals surface area contributed by atoms with E-state index >= 15 is 0 Å². The van der Waals surface area contributed by atoms with Gasteiger partial charge in [-0.3, -0.25) is 4.79 Å². The van der Waals surface area contributed by atoms with Crippen LogP contribution in [0.5, 0.6) is 0 Å². The van der Waals surface area contributed by atoms with E-state index in [2.05, 4.69) is 0 Å². The Kier molecular flexibility index (Phi) is 5.06. The van der Waals surface area contributed by atoms with Crippen LogP contribution in [0.4, 0.5) is 0 Å². The van der Waals surface area contributed by atoms with E-state index < -0.39 is 0 Å². The molecule has 2 aromatic carbocycles. The van der Waals surface area contributed by atoms with Crippen molar-refractivity contribution in [3.8, 4) is 0 Å². The molecule has 0 aliphatic carbocycles. The van der Waals surface area contributed by atoms with E-state index in [9.17, 15) is 4.79 Å².